The maximum Gasteiger partial charge on any atom is 0.231 e. The molecule has 2 nitrogen and oxygen atoms in total. The second-order valence-corrected chi connectivity index (χ2v) is 3.16. The van der Waals surface area contributed by atoms with Gasteiger partial charge in [-0.2, -0.15) is 0 Å². The lowest BCUT2D eigenvalue weighted by Crippen LogP contribution is -2.01. The van der Waals surface area contributed by atoms with Gasteiger partial charge in [-0.05, 0) is 11.8 Å². The number of allylic oxidation sites excluding steroid dienone is 1. The van der Waals surface area contributed by atoms with Crippen molar-refractivity contribution in [2.75, 3.05) is 0 Å². The van der Waals surface area contributed by atoms with Gasteiger partial charge >= 0.3 is 0 Å². The Labute approximate surface area is 62.5 Å². The van der Waals surface area contributed by atoms with Crippen molar-refractivity contribution in [2.45, 2.75) is 27.2 Å². The Morgan fingerprint density at radius 3 is 1.90 bits per heavy atom. The van der Waals surface area contributed by atoms with Gasteiger partial charge in [-0.1, -0.05) is 26.8 Å². The quantitative estimate of drug-likeness (QED) is 0.340. The zero-order valence-electron chi connectivity index (χ0n) is 6.90. The van der Waals surface area contributed by atoms with Crippen molar-refractivity contribution >= 4 is 6.08 Å². The van der Waals surface area contributed by atoms with E-state index in [1.165, 1.54) is 0 Å². The zero-order chi connectivity index (χ0) is 8.62. The lowest BCUT2D eigenvalue weighted by Gasteiger charge is -2.13. The Balaban J connectivity index is 0. The highest BCUT2D eigenvalue weighted by Crippen LogP contribution is 2.17. The van der Waals surface area contributed by atoms with Crippen LogP contribution in [0.15, 0.2) is 12.7 Å². The van der Waals surface area contributed by atoms with Crippen molar-refractivity contribution in [3.8, 4) is 0 Å². The molecule has 0 saturated heterocycles. The van der Waals surface area contributed by atoms with E-state index in [9.17, 15) is 0 Å². The molecule has 0 amide bonds. The lowest BCUT2D eigenvalue weighted by molar-refractivity contribution is 0.421. The van der Waals surface area contributed by atoms with E-state index in [-0.39, 0.29) is 0 Å². The Hall–Kier alpha value is -0.880. The van der Waals surface area contributed by atoms with Gasteiger partial charge in [0.05, 0.1) is 0 Å². The minimum atomic E-state index is 0.432. The van der Waals surface area contributed by atoms with Gasteiger partial charge in [0.1, 0.15) is 0 Å². The summed E-state index contributed by atoms with van der Waals surface area (Å²) in [5.41, 5.74) is 0.432. The molecule has 0 aliphatic heterocycles. The normalized spacial score (nSPS) is 8.70. The van der Waals surface area contributed by atoms with Crippen LogP contribution in [0.4, 0.5) is 0 Å². The molecule has 1 N–H and O–H groups in total. The molecule has 10 heavy (non-hydrogen) atoms. The molecular weight excluding hydrogens is 126 g/mol. The number of isocyanates is 1. The fourth-order valence-electron chi connectivity index (χ4n) is 0.433. The average molecular weight is 141 g/mol. The molecule has 0 spiro atoms. The first-order valence-corrected chi connectivity index (χ1v) is 3.12. The number of nitrogens with one attached hydrogen (secondary N) is 1. The molecule has 0 aliphatic carbocycles. The van der Waals surface area contributed by atoms with Crippen molar-refractivity contribution < 1.29 is 4.79 Å². The van der Waals surface area contributed by atoms with Crippen LogP contribution in [0.5, 0.6) is 0 Å². The van der Waals surface area contributed by atoms with E-state index in [0.717, 1.165) is 12.5 Å². The summed E-state index contributed by atoms with van der Waals surface area (Å²) in [6, 6.07) is 0. The summed E-state index contributed by atoms with van der Waals surface area (Å²) in [6.07, 6.45) is 3.81. The van der Waals surface area contributed by atoms with Crippen molar-refractivity contribution in [1.29, 1.82) is 5.41 Å². The highest BCUT2D eigenvalue weighted by molar-refractivity contribution is 5.26. The van der Waals surface area contributed by atoms with Gasteiger partial charge in [-0.25, -0.2) is 10.2 Å². The van der Waals surface area contributed by atoms with E-state index in [1.54, 1.807) is 0 Å². The van der Waals surface area contributed by atoms with Crippen LogP contribution in [0.3, 0.4) is 0 Å². The van der Waals surface area contributed by atoms with Crippen molar-refractivity contribution in [2.24, 2.45) is 5.41 Å². The van der Waals surface area contributed by atoms with Crippen LogP contribution >= 0.6 is 0 Å². The monoisotopic (exact) mass is 141 g/mol. The van der Waals surface area contributed by atoms with E-state index >= 15 is 0 Å². The highest BCUT2D eigenvalue weighted by Gasteiger charge is 2.04. The zero-order valence-corrected chi connectivity index (χ0v) is 6.90. The molecule has 2 heteroatoms. The second kappa shape index (κ2) is 6.24. The first-order valence-electron chi connectivity index (χ1n) is 3.12. The maximum absolute atomic E-state index is 8.35. The predicted molar refractivity (Wildman–Crippen MR) is 42.7 cm³/mol. The highest BCUT2D eigenvalue weighted by atomic mass is 16.1. The van der Waals surface area contributed by atoms with E-state index in [0.29, 0.717) is 5.41 Å². The molecule has 0 fully saturated rings. The fraction of sp³-hybridized carbons (Fsp3) is 0.625. The lowest BCUT2D eigenvalue weighted by atomic mass is 9.93. The molecule has 0 bridgehead atoms. The van der Waals surface area contributed by atoms with Gasteiger partial charge in [-0.15, -0.1) is 6.58 Å². The Morgan fingerprint density at radius 2 is 1.90 bits per heavy atom. The summed E-state index contributed by atoms with van der Waals surface area (Å²) < 4.78 is 0. The van der Waals surface area contributed by atoms with Crippen LogP contribution in [-0.2, 0) is 4.79 Å². The average Bonchev–Trinajstić information content (AvgIpc) is 1.63. The van der Waals surface area contributed by atoms with Crippen LogP contribution in [-0.4, -0.2) is 6.08 Å². The summed E-state index contributed by atoms with van der Waals surface area (Å²) in [7, 11) is 0. The number of hydrogen-bond donors (Lipinski definition) is 1. The summed E-state index contributed by atoms with van der Waals surface area (Å²) >= 11 is 0. The minimum Gasteiger partial charge on any atom is -0.222 e. The van der Waals surface area contributed by atoms with Crippen LogP contribution in [0.1, 0.15) is 27.2 Å². The SMILES string of the molecule is C=CCC(C)(C)C.N=C=O. The smallest absolute Gasteiger partial charge is 0.222 e. The first-order chi connectivity index (χ1) is 4.47. The third-order valence-electron chi connectivity index (χ3n) is 0.757. The van der Waals surface area contributed by atoms with Gasteiger partial charge in [0.15, 0.2) is 0 Å². The largest absolute Gasteiger partial charge is 0.231 e. The van der Waals surface area contributed by atoms with Crippen molar-refractivity contribution in [3.63, 3.8) is 0 Å². The molecule has 0 aromatic carbocycles. The number of hydrogen-bond acceptors (Lipinski definition) is 2. The molecule has 0 aromatic heterocycles. The fourth-order valence-corrected chi connectivity index (χ4v) is 0.433. The Kier molecular flexibility index (Phi) is 7.41. The third-order valence-corrected chi connectivity index (χ3v) is 0.757. The molecule has 0 saturated carbocycles. The summed E-state index contributed by atoms with van der Waals surface area (Å²) in [5, 5.41) is 5.40. The Bertz CT molecular complexity index is 116. The van der Waals surface area contributed by atoms with E-state index in [4.69, 9.17) is 10.2 Å². The summed E-state index contributed by atoms with van der Waals surface area (Å²) in [4.78, 5) is 8.35. The maximum atomic E-state index is 8.35. The summed E-state index contributed by atoms with van der Waals surface area (Å²) in [5.74, 6) is 0. The molecule has 0 rings (SSSR count). The molecule has 0 radical (unpaired) electrons. The van der Waals surface area contributed by atoms with Gasteiger partial charge in [0, 0.05) is 0 Å². The van der Waals surface area contributed by atoms with E-state index < -0.39 is 0 Å². The molecule has 0 unspecified atom stereocenters. The molecule has 58 valence electrons. The molecule has 0 heterocycles. The van der Waals surface area contributed by atoms with Crippen molar-refractivity contribution in [3.05, 3.63) is 12.7 Å². The van der Waals surface area contributed by atoms with E-state index in [2.05, 4.69) is 27.4 Å². The van der Waals surface area contributed by atoms with Crippen LogP contribution < -0.4 is 0 Å². The van der Waals surface area contributed by atoms with Crippen molar-refractivity contribution in [1.82, 2.24) is 0 Å². The molecule has 0 aromatic rings. The van der Waals surface area contributed by atoms with Gasteiger partial charge in [0.25, 0.3) is 0 Å². The second-order valence-electron chi connectivity index (χ2n) is 3.16. The third kappa shape index (κ3) is 27.4. The predicted octanol–water partition coefficient (Wildman–Crippen LogP) is 2.51. The van der Waals surface area contributed by atoms with Gasteiger partial charge in [0.2, 0.25) is 6.08 Å². The van der Waals surface area contributed by atoms with Crippen LogP contribution in [0.2, 0.25) is 0 Å². The first kappa shape index (κ1) is 11.9. The van der Waals surface area contributed by atoms with Crippen LogP contribution in [0, 0.1) is 10.8 Å². The molecule has 0 aliphatic rings. The molecule has 0 atom stereocenters. The molecular formula is C8H15NO. The standard InChI is InChI=1S/C7H14.CHNO/c1-5-6-7(2,3)4;2-1-3/h5H,1,6H2,2-4H3;2H. The van der Waals surface area contributed by atoms with Gasteiger partial charge < -0.3 is 0 Å². The number of rotatable bonds is 1. The van der Waals surface area contributed by atoms with E-state index in [1.807, 2.05) is 6.08 Å². The summed E-state index contributed by atoms with van der Waals surface area (Å²) in [6.45, 7) is 10.3. The van der Waals surface area contributed by atoms with Gasteiger partial charge in [-0.3, -0.25) is 0 Å². The topological polar surface area (TPSA) is 40.9 Å². The number of carbonyl (C=O) groups excluding carboxylic acids is 1. The minimum absolute atomic E-state index is 0.432. The Morgan fingerprint density at radius 1 is 1.60 bits per heavy atom. The van der Waals surface area contributed by atoms with Crippen LogP contribution in [0.25, 0.3) is 0 Å².